The highest BCUT2D eigenvalue weighted by molar-refractivity contribution is 6.21. The summed E-state index contributed by atoms with van der Waals surface area (Å²) in [6, 6.07) is 14.2. The molecule has 0 aliphatic carbocycles. The molecule has 0 atom stereocenters. The number of fused-ring (bicyclic) bond motifs is 1. The van der Waals surface area contributed by atoms with Gasteiger partial charge in [-0.25, -0.2) is 4.68 Å². The zero-order chi connectivity index (χ0) is 17.6. The number of benzene rings is 2. The van der Waals surface area contributed by atoms with Gasteiger partial charge in [0.1, 0.15) is 5.69 Å². The second-order valence-corrected chi connectivity index (χ2v) is 5.64. The lowest BCUT2D eigenvalue weighted by atomic mass is 10.1. The van der Waals surface area contributed by atoms with Gasteiger partial charge in [0.2, 0.25) is 0 Å². The summed E-state index contributed by atoms with van der Waals surface area (Å²) in [6.45, 7) is 1.90. The van der Waals surface area contributed by atoms with Crippen molar-refractivity contribution in [2.45, 2.75) is 13.5 Å². The fourth-order valence-corrected chi connectivity index (χ4v) is 2.67. The summed E-state index contributed by atoms with van der Waals surface area (Å²) in [5.74, 6) is -0.741. The van der Waals surface area contributed by atoms with Crippen LogP contribution in [0.4, 0.5) is 0 Å². The Morgan fingerprint density at radius 1 is 1.00 bits per heavy atom. The van der Waals surface area contributed by atoms with Crippen LogP contribution in [0.5, 0.6) is 0 Å². The first-order valence-corrected chi connectivity index (χ1v) is 7.49. The molecule has 0 fully saturated rings. The number of aromatic nitrogens is 3. The quantitative estimate of drug-likeness (QED) is 0.695. The highest BCUT2D eigenvalue weighted by Crippen LogP contribution is 2.23. The zero-order valence-electron chi connectivity index (χ0n) is 13.9. The summed E-state index contributed by atoms with van der Waals surface area (Å²) in [4.78, 5) is 26.0. The Morgan fingerprint density at radius 2 is 1.62 bits per heavy atom. The van der Waals surface area contributed by atoms with E-state index in [4.69, 9.17) is 1.37 Å². The molecule has 0 spiro atoms. The molecule has 6 nitrogen and oxygen atoms in total. The molecule has 4 rings (SSSR count). The number of aryl methyl sites for hydroxylation is 1. The van der Waals surface area contributed by atoms with Gasteiger partial charge in [-0.05, 0) is 31.2 Å². The first kappa shape index (κ1) is 13.2. The van der Waals surface area contributed by atoms with Crippen molar-refractivity contribution in [1.29, 1.82) is 0 Å². The lowest BCUT2D eigenvalue weighted by Gasteiger charge is -2.11. The largest absolute Gasteiger partial charge is 0.269 e. The molecule has 24 heavy (non-hydrogen) atoms. The first-order valence-electron chi connectivity index (χ1n) is 7.99. The molecule has 2 aromatic carbocycles. The Balaban J connectivity index is 1.64. The van der Waals surface area contributed by atoms with Crippen molar-refractivity contribution >= 4 is 11.8 Å². The maximum atomic E-state index is 12.4. The number of nitrogens with zero attached hydrogens (tertiary/aromatic N) is 4. The summed E-state index contributed by atoms with van der Waals surface area (Å²) in [7, 11) is 0. The maximum absolute atomic E-state index is 12.4. The monoisotopic (exact) mass is 319 g/mol. The predicted octanol–water partition coefficient (Wildman–Crippen LogP) is 2.37. The molecule has 0 unspecified atom stereocenters. The van der Waals surface area contributed by atoms with Gasteiger partial charge in [0.15, 0.2) is 0 Å². The summed E-state index contributed by atoms with van der Waals surface area (Å²) in [6.07, 6.45) is 0.0559. The minimum atomic E-state index is -0.370. The van der Waals surface area contributed by atoms with Crippen molar-refractivity contribution in [2.75, 3.05) is 0 Å². The second-order valence-electron chi connectivity index (χ2n) is 5.64. The van der Waals surface area contributed by atoms with E-state index in [0.29, 0.717) is 16.8 Å². The third-order valence-electron chi connectivity index (χ3n) is 3.95. The van der Waals surface area contributed by atoms with E-state index in [1.807, 2.05) is 31.2 Å². The molecular weight excluding hydrogens is 304 g/mol. The van der Waals surface area contributed by atoms with E-state index >= 15 is 0 Å². The molecule has 0 radical (unpaired) electrons. The number of hydrogen-bond donors (Lipinski definition) is 0. The average molecular weight is 319 g/mol. The highest BCUT2D eigenvalue weighted by Gasteiger charge is 2.35. The topological polar surface area (TPSA) is 68.1 Å². The van der Waals surface area contributed by atoms with E-state index in [-0.39, 0.29) is 30.2 Å². The van der Waals surface area contributed by atoms with Gasteiger partial charge in [-0.3, -0.25) is 14.5 Å². The lowest BCUT2D eigenvalue weighted by Crippen LogP contribution is -2.29. The second kappa shape index (κ2) is 5.42. The van der Waals surface area contributed by atoms with E-state index in [9.17, 15) is 9.59 Å². The molecule has 118 valence electrons. The van der Waals surface area contributed by atoms with Crippen molar-refractivity contribution in [3.8, 4) is 5.69 Å². The van der Waals surface area contributed by atoms with Gasteiger partial charge >= 0.3 is 0 Å². The summed E-state index contributed by atoms with van der Waals surface area (Å²) in [5.41, 5.74) is 2.84. The number of hydrogen-bond acceptors (Lipinski definition) is 4. The van der Waals surface area contributed by atoms with Gasteiger partial charge in [-0.1, -0.05) is 35.0 Å². The highest BCUT2D eigenvalue weighted by atomic mass is 16.2. The van der Waals surface area contributed by atoms with Crippen LogP contribution in [-0.4, -0.2) is 31.7 Å². The fourth-order valence-electron chi connectivity index (χ4n) is 2.67. The van der Waals surface area contributed by atoms with E-state index in [1.165, 1.54) is 4.68 Å². The Bertz CT molecular complexity index is 960. The molecule has 1 aliphatic heterocycles. The van der Waals surface area contributed by atoms with Crippen molar-refractivity contribution in [3.05, 3.63) is 77.1 Å². The smallest absolute Gasteiger partial charge is 0.261 e. The number of rotatable bonds is 3. The van der Waals surface area contributed by atoms with Crippen molar-refractivity contribution in [2.24, 2.45) is 0 Å². The Morgan fingerprint density at radius 3 is 2.25 bits per heavy atom. The molecule has 6 heteroatoms. The normalized spacial score (nSPS) is 14.0. The minimum Gasteiger partial charge on any atom is -0.269 e. The molecule has 2 amide bonds. The van der Waals surface area contributed by atoms with Crippen molar-refractivity contribution in [3.63, 3.8) is 0 Å². The van der Waals surface area contributed by atoms with E-state index in [2.05, 4.69) is 10.3 Å². The molecule has 0 saturated heterocycles. The SMILES string of the molecule is [2H]c1c(CN2C(=O)c3ccccc3C2=O)nnn1-c1ccc(C)cc1. The van der Waals surface area contributed by atoms with E-state index in [0.717, 1.165) is 10.5 Å². The van der Waals surface area contributed by atoms with E-state index in [1.54, 1.807) is 24.3 Å². The molecule has 1 aliphatic rings. The summed E-state index contributed by atoms with van der Waals surface area (Å²) >= 11 is 0. The number of imide groups is 1. The van der Waals surface area contributed by atoms with Gasteiger partial charge < -0.3 is 0 Å². The maximum Gasteiger partial charge on any atom is 0.261 e. The summed E-state index contributed by atoms with van der Waals surface area (Å²) in [5, 5.41) is 7.98. The van der Waals surface area contributed by atoms with Gasteiger partial charge in [0, 0.05) is 0 Å². The van der Waals surface area contributed by atoms with E-state index < -0.39 is 0 Å². The molecule has 0 bridgehead atoms. The van der Waals surface area contributed by atoms with Crippen molar-refractivity contribution < 1.29 is 11.0 Å². The van der Waals surface area contributed by atoms with Crippen LogP contribution < -0.4 is 0 Å². The van der Waals surface area contributed by atoms with Crippen LogP contribution in [0.3, 0.4) is 0 Å². The number of amides is 2. The standard InChI is InChI=1S/C18H14N4O2/c1-12-6-8-14(9-7-12)22-11-13(19-20-22)10-21-17(23)15-4-2-3-5-16(15)18(21)24/h2-9,11H,10H2,1H3/i11D. The Hall–Kier alpha value is -3.28. The molecule has 3 aromatic rings. The van der Waals surface area contributed by atoms with Gasteiger partial charge in [-0.2, -0.15) is 0 Å². The van der Waals surface area contributed by atoms with Crippen LogP contribution in [0.25, 0.3) is 5.69 Å². The van der Waals surface area contributed by atoms with Gasteiger partial charge in [-0.15, -0.1) is 5.10 Å². The molecule has 1 aromatic heterocycles. The molecular formula is C18H14N4O2. The number of carbonyl (C=O) groups excluding carboxylic acids is 2. The third-order valence-corrected chi connectivity index (χ3v) is 3.95. The molecule has 0 saturated carbocycles. The fraction of sp³-hybridized carbons (Fsp3) is 0.111. The van der Waals surface area contributed by atoms with Crippen LogP contribution >= 0.6 is 0 Å². The van der Waals surface area contributed by atoms with Crippen LogP contribution in [0, 0.1) is 6.92 Å². The average Bonchev–Trinajstić information content (AvgIpc) is 3.10. The van der Waals surface area contributed by atoms with Gasteiger partial charge in [0.25, 0.3) is 11.8 Å². The lowest BCUT2D eigenvalue weighted by molar-refractivity contribution is 0.0640. The van der Waals surface area contributed by atoms with Gasteiger partial charge in [0.05, 0.1) is 30.9 Å². The minimum absolute atomic E-state index is 0.0559. The van der Waals surface area contributed by atoms with Crippen LogP contribution in [0.15, 0.2) is 54.7 Å². The summed E-state index contributed by atoms with van der Waals surface area (Å²) < 4.78 is 9.65. The van der Waals surface area contributed by atoms with Crippen LogP contribution in [-0.2, 0) is 6.54 Å². The van der Waals surface area contributed by atoms with Crippen LogP contribution in [0.1, 0.15) is 33.3 Å². The molecule has 0 N–H and O–H groups in total. The molecule has 2 heterocycles. The number of carbonyl (C=O) groups is 2. The Kier molecular flexibility index (Phi) is 2.98. The predicted molar refractivity (Wildman–Crippen MR) is 86.7 cm³/mol. The Labute approximate surface area is 139 Å². The van der Waals surface area contributed by atoms with Crippen molar-refractivity contribution in [1.82, 2.24) is 19.9 Å². The van der Waals surface area contributed by atoms with Crippen LogP contribution in [0.2, 0.25) is 0 Å². The zero-order valence-corrected chi connectivity index (χ0v) is 12.9. The third kappa shape index (κ3) is 2.28. The first-order chi connectivity index (χ1) is 12.1.